The summed E-state index contributed by atoms with van der Waals surface area (Å²) in [5.41, 5.74) is 0. The Kier molecular flexibility index (Phi) is 3.92. The number of rotatable bonds is 6. The normalized spacial score (nSPS) is 15.3. The molecule has 1 saturated carbocycles. The van der Waals surface area contributed by atoms with Crippen molar-refractivity contribution in [3.05, 3.63) is 24.3 Å². The highest BCUT2D eigenvalue weighted by atomic mass is 32.2. The van der Waals surface area contributed by atoms with Gasteiger partial charge in [0, 0.05) is 16.8 Å². The smallest absolute Gasteiger partial charge is 0.119 e. The second-order valence-corrected chi connectivity index (χ2v) is 4.72. The van der Waals surface area contributed by atoms with Gasteiger partial charge < -0.3 is 10.1 Å². The van der Waals surface area contributed by atoms with E-state index >= 15 is 0 Å². The molecule has 0 unspecified atom stereocenters. The molecule has 0 radical (unpaired) electrons. The van der Waals surface area contributed by atoms with E-state index in [2.05, 4.69) is 17.4 Å². The predicted octanol–water partition coefficient (Wildman–Crippen LogP) is 2.89. The summed E-state index contributed by atoms with van der Waals surface area (Å²) in [4.78, 5) is 1.30. The number of benzene rings is 1. The summed E-state index contributed by atoms with van der Waals surface area (Å²) in [5, 5.41) is 3.48. The van der Waals surface area contributed by atoms with Crippen molar-refractivity contribution in [3.63, 3.8) is 0 Å². The summed E-state index contributed by atoms with van der Waals surface area (Å²) in [6.07, 6.45) is 2.70. The van der Waals surface area contributed by atoms with Crippen LogP contribution in [0.15, 0.2) is 29.2 Å². The van der Waals surface area contributed by atoms with Crippen LogP contribution in [0.25, 0.3) is 0 Å². The lowest BCUT2D eigenvalue weighted by Crippen LogP contribution is -2.14. The highest BCUT2D eigenvalue weighted by Gasteiger charge is 2.19. The first-order chi connectivity index (χ1) is 7.38. The summed E-state index contributed by atoms with van der Waals surface area (Å²) in [5.74, 6) is 1.97. The topological polar surface area (TPSA) is 21.3 Å². The van der Waals surface area contributed by atoms with Gasteiger partial charge in [0.05, 0.1) is 6.61 Å². The van der Waals surface area contributed by atoms with Crippen LogP contribution in [-0.2, 0) is 0 Å². The van der Waals surface area contributed by atoms with E-state index in [1.54, 1.807) is 0 Å². The molecule has 3 heteroatoms. The summed E-state index contributed by atoms with van der Waals surface area (Å²) in [7, 11) is 0. The van der Waals surface area contributed by atoms with E-state index in [0.717, 1.165) is 24.3 Å². The van der Waals surface area contributed by atoms with E-state index in [1.807, 2.05) is 30.8 Å². The van der Waals surface area contributed by atoms with E-state index < -0.39 is 0 Å². The lowest BCUT2D eigenvalue weighted by atomic mass is 10.3. The van der Waals surface area contributed by atoms with Crippen molar-refractivity contribution in [2.45, 2.75) is 30.7 Å². The first kappa shape index (κ1) is 10.8. The molecule has 0 heterocycles. The molecule has 0 saturated heterocycles. The molecule has 0 bridgehead atoms. The maximum absolute atomic E-state index is 5.39. The average molecular weight is 223 g/mol. The minimum absolute atomic E-state index is 0.732. The molecule has 0 aromatic heterocycles. The molecule has 0 atom stereocenters. The summed E-state index contributed by atoms with van der Waals surface area (Å²) in [6.45, 7) is 2.73. The molecule has 2 rings (SSSR count). The fraction of sp³-hybridized carbons (Fsp3) is 0.500. The second kappa shape index (κ2) is 5.42. The van der Waals surface area contributed by atoms with Crippen molar-refractivity contribution in [1.82, 2.24) is 5.32 Å². The zero-order valence-corrected chi connectivity index (χ0v) is 9.85. The lowest BCUT2D eigenvalue weighted by Gasteiger charge is -2.05. The van der Waals surface area contributed by atoms with Crippen LogP contribution in [0.4, 0.5) is 0 Å². The highest BCUT2D eigenvalue weighted by Crippen LogP contribution is 2.23. The standard InChI is InChI=1S/C12H17NOS/c1-2-14-11-5-7-12(8-6-11)15-9-13-10-3-4-10/h5-8,10,13H,2-4,9H2,1H3. The van der Waals surface area contributed by atoms with E-state index in [0.29, 0.717) is 0 Å². The van der Waals surface area contributed by atoms with Gasteiger partial charge in [-0.2, -0.15) is 0 Å². The van der Waals surface area contributed by atoms with Gasteiger partial charge in [-0.3, -0.25) is 0 Å². The molecule has 15 heavy (non-hydrogen) atoms. The average Bonchev–Trinajstić information content (AvgIpc) is 3.05. The fourth-order valence-electron chi connectivity index (χ4n) is 1.33. The van der Waals surface area contributed by atoms with E-state index in [4.69, 9.17) is 4.74 Å². The minimum Gasteiger partial charge on any atom is -0.494 e. The molecule has 0 aliphatic heterocycles. The van der Waals surface area contributed by atoms with Gasteiger partial charge in [0.1, 0.15) is 5.75 Å². The van der Waals surface area contributed by atoms with E-state index in [1.165, 1.54) is 17.7 Å². The molecular weight excluding hydrogens is 206 g/mol. The van der Waals surface area contributed by atoms with Crippen LogP contribution in [0.3, 0.4) is 0 Å². The van der Waals surface area contributed by atoms with Crippen LogP contribution in [0.2, 0.25) is 0 Å². The molecule has 0 spiro atoms. The van der Waals surface area contributed by atoms with Crippen molar-refractivity contribution in [3.8, 4) is 5.75 Å². The molecule has 1 aromatic carbocycles. The fourth-order valence-corrected chi connectivity index (χ4v) is 2.14. The van der Waals surface area contributed by atoms with Gasteiger partial charge in [-0.1, -0.05) is 0 Å². The zero-order chi connectivity index (χ0) is 10.5. The first-order valence-corrected chi connectivity index (χ1v) is 6.46. The Morgan fingerprint density at radius 3 is 2.67 bits per heavy atom. The van der Waals surface area contributed by atoms with Crippen molar-refractivity contribution >= 4 is 11.8 Å². The molecule has 2 nitrogen and oxygen atoms in total. The van der Waals surface area contributed by atoms with Crippen LogP contribution < -0.4 is 10.1 Å². The first-order valence-electron chi connectivity index (χ1n) is 5.47. The molecule has 82 valence electrons. The summed E-state index contributed by atoms with van der Waals surface area (Å²) in [6, 6.07) is 9.08. The van der Waals surface area contributed by atoms with Gasteiger partial charge in [0.2, 0.25) is 0 Å². The van der Waals surface area contributed by atoms with Crippen molar-refractivity contribution in [1.29, 1.82) is 0 Å². The van der Waals surface area contributed by atoms with Crippen LogP contribution in [-0.4, -0.2) is 18.5 Å². The third kappa shape index (κ3) is 3.76. The Labute approximate surface area is 95.4 Å². The Balaban J connectivity index is 1.75. The third-order valence-corrected chi connectivity index (χ3v) is 3.24. The van der Waals surface area contributed by atoms with Crippen LogP contribution >= 0.6 is 11.8 Å². The Hall–Kier alpha value is -0.670. The third-order valence-electron chi connectivity index (χ3n) is 2.32. The number of hydrogen-bond donors (Lipinski definition) is 1. The molecule has 0 amide bonds. The Morgan fingerprint density at radius 2 is 2.07 bits per heavy atom. The van der Waals surface area contributed by atoms with E-state index in [-0.39, 0.29) is 0 Å². The number of hydrogen-bond acceptors (Lipinski definition) is 3. The second-order valence-electron chi connectivity index (χ2n) is 3.67. The largest absolute Gasteiger partial charge is 0.494 e. The zero-order valence-electron chi connectivity index (χ0n) is 9.03. The highest BCUT2D eigenvalue weighted by molar-refractivity contribution is 7.99. The van der Waals surface area contributed by atoms with Crippen molar-refractivity contribution in [2.75, 3.05) is 12.5 Å². The van der Waals surface area contributed by atoms with Gasteiger partial charge in [-0.15, -0.1) is 11.8 Å². The van der Waals surface area contributed by atoms with Gasteiger partial charge in [0.15, 0.2) is 0 Å². The van der Waals surface area contributed by atoms with Gasteiger partial charge in [0.25, 0.3) is 0 Å². The molecular formula is C12H17NOS. The minimum atomic E-state index is 0.732. The van der Waals surface area contributed by atoms with Gasteiger partial charge in [-0.25, -0.2) is 0 Å². The molecule has 1 aliphatic rings. The molecule has 1 aliphatic carbocycles. The molecule has 1 N–H and O–H groups in total. The monoisotopic (exact) mass is 223 g/mol. The SMILES string of the molecule is CCOc1ccc(SCNC2CC2)cc1. The van der Waals surface area contributed by atoms with Gasteiger partial charge in [-0.05, 0) is 44.0 Å². The number of nitrogens with one attached hydrogen (secondary N) is 1. The van der Waals surface area contributed by atoms with Crippen LogP contribution in [0.5, 0.6) is 5.75 Å². The molecule has 1 aromatic rings. The Morgan fingerprint density at radius 1 is 1.33 bits per heavy atom. The van der Waals surface area contributed by atoms with Crippen LogP contribution in [0.1, 0.15) is 19.8 Å². The lowest BCUT2D eigenvalue weighted by molar-refractivity contribution is 0.340. The number of ether oxygens (including phenoxy) is 1. The molecule has 1 fully saturated rings. The maximum atomic E-state index is 5.39. The quantitative estimate of drug-likeness (QED) is 0.592. The van der Waals surface area contributed by atoms with Crippen LogP contribution in [0, 0.1) is 0 Å². The number of thioether (sulfide) groups is 1. The van der Waals surface area contributed by atoms with E-state index in [9.17, 15) is 0 Å². The van der Waals surface area contributed by atoms with Crippen molar-refractivity contribution < 1.29 is 4.74 Å². The maximum Gasteiger partial charge on any atom is 0.119 e. The Bertz CT molecular complexity index is 295. The summed E-state index contributed by atoms with van der Waals surface area (Å²) < 4.78 is 5.39. The van der Waals surface area contributed by atoms with Crippen molar-refractivity contribution in [2.24, 2.45) is 0 Å². The summed E-state index contributed by atoms with van der Waals surface area (Å²) >= 11 is 1.85. The van der Waals surface area contributed by atoms with Gasteiger partial charge >= 0.3 is 0 Å². The predicted molar refractivity (Wildman–Crippen MR) is 64.5 cm³/mol.